The van der Waals surface area contributed by atoms with Crippen molar-refractivity contribution in [2.45, 2.75) is 82.4 Å². The number of carboxylic acids is 2. The van der Waals surface area contributed by atoms with Gasteiger partial charge in [-0.2, -0.15) is 0 Å². The predicted octanol–water partition coefficient (Wildman–Crippen LogP) is -6.40. The third kappa shape index (κ3) is 8.49. The van der Waals surface area contributed by atoms with E-state index >= 15 is 0 Å². The molecular weight excluding hydrogens is 462 g/mol. The highest BCUT2D eigenvalue weighted by molar-refractivity contribution is 5.91. The average Bonchev–Trinajstić information content (AvgIpc) is 2.74. The van der Waals surface area contributed by atoms with Crippen LogP contribution in [-0.2, 0) is 33.4 Å². The molecule has 0 radical (unpaired) electrons. The lowest BCUT2D eigenvalue weighted by Gasteiger charge is -2.43. The standard InChI is InChI=1S/C19H31N3O12/c1-7(16(28)22-10(18(30)31)4-5-12(25)26)20-17(29)8(2)33-15-13(21-9(3)24)19(32)34-11(6-23)14(15)27/h7-8,10-11,13-15,19,23,27,32H,4-6H2,1-3H3,(H,20,29)(H,21,24)(H,22,28)(H,25,26)(H,30,31)/p-2. The smallest absolute Gasteiger partial charge is 0.249 e. The van der Waals surface area contributed by atoms with Crippen molar-refractivity contribution < 1.29 is 59.0 Å². The second-order valence-electron chi connectivity index (χ2n) is 7.73. The Kier molecular flexibility index (Phi) is 11.3. The number of carbonyl (C=O) groups excluding carboxylic acids is 5. The topological polar surface area (TPSA) is 247 Å². The molecule has 0 aromatic rings. The molecule has 6 N–H and O–H groups in total. The number of amides is 3. The summed E-state index contributed by atoms with van der Waals surface area (Å²) in [6.07, 6.45) is -8.36. The molecule has 1 heterocycles. The first-order chi connectivity index (χ1) is 15.8. The van der Waals surface area contributed by atoms with Crippen LogP contribution in [0.25, 0.3) is 0 Å². The summed E-state index contributed by atoms with van der Waals surface area (Å²) in [5.41, 5.74) is 0. The van der Waals surface area contributed by atoms with E-state index in [2.05, 4.69) is 10.6 Å². The number of aliphatic carboxylic acids is 2. The van der Waals surface area contributed by atoms with Crippen molar-refractivity contribution >= 4 is 29.7 Å². The maximum absolute atomic E-state index is 12.5. The Morgan fingerprint density at radius 3 is 2.18 bits per heavy atom. The third-order valence-corrected chi connectivity index (χ3v) is 4.96. The number of aliphatic hydroxyl groups excluding tert-OH is 3. The summed E-state index contributed by atoms with van der Waals surface area (Å²) in [6, 6.07) is -4.21. The average molecular weight is 491 g/mol. The van der Waals surface area contributed by atoms with E-state index < -0.39 is 97.9 Å². The monoisotopic (exact) mass is 491 g/mol. The molecule has 1 aliphatic rings. The van der Waals surface area contributed by atoms with Crippen LogP contribution < -0.4 is 26.2 Å². The van der Waals surface area contributed by atoms with E-state index in [1.165, 1.54) is 13.8 Å². The Morgan fingerprint density at radius 1 is 1.06 bits per heavy atom. The number of carbonyl (C=O) groups is 5. The Hall–Kier alpha value is -2.85. The lowest BCUT2D eigenvalue weighted by molar-refractivity contribution is -0.310. The molecule has 0 spiro atoms. The first-order valence-electron chi connectivity index (χ1n) is 10.3. The molecule has 1 fully saturated rings. The molecule has 1 aliphatic heterocycles. The minimum absolute atomic E-state index is 0.489. The molecular formula is C19H29N3O12-2. The highest BCUT2D eigenvalue weighted by Crippen LogP contribution is 2.23. The van der Waals surface area contributed by atoms with E-state index in [0.29, 0.717) is 0 Å². The second kappa shape index (κ2) is 13.1. The summed E-state index contributed by atoms with van der Waals surface area (Å²) in [7, 11) is 0. The zero-order chi connectivity index (χ0) is 26.2. The van der Waals surface area contributed by atoms with E-state index in [0.717, 1.165) is 6.92 Å². The Morgan fingerprint density at radius 2 is 1.68 bits per heavy atom. The van der Waals surface area contributed by atoms with E-state index in [4.69, 9.17) is 9.47 Å². The van der Waals surface area contributed by atoms with E-state index in [1.807, 2.05) is 5.32 Å². The van der Waals surface area contributed by atoms with E-state index in [1.54, 1.807) is 0 Å². The lowest BCUT2D eigenvalue weighted by atomic mass is 9.96. The largest absolute Gasteiger partial charge is 0.550 e. The van der Waals surface area contributed by atoms with Crippen LogP contribution in [0.5, 0.6) is 0 Å². The number of carboxylic acid groups (broad SMARTS) is 2. The van der Waals surface area contributed by atoms with Crippen LogP contribution >= 0.6 is 0 Å². The molecule has 0 saturated carbocycles. The van der Waals surface area contributed by atoms with Gasteiger partial charge in [-0.15, -0.1) is 0 Å². The van der Waals surface area contributed by atoms with E-state index in [-0.39, 0.29) is 0 Å². The molecule has 1 rings (SSSR count). The van der Waals surface area contributed by atoms with Gasteiger partial charge in [0, 0.05) is 12.9 Å². The van der Waals surface area contributed by atoms with Crippen LogP contribution in [0.3, 0.4) is 0 Å². The van der Waals surface area contributed by atoms with Crippen molar-refractivity contribution in [3.05, 3.63) is 0 Å². The molecule has 0 bridgehead atoms. The zero-order valence-corrected chi connectivity index (χ0v) is 18.8. The van der Waals surface area contributed by atoms with Gasteiger partial charge in [0.1, 0.15) is 36.5 Å². The molecule has 15 nitrogen and oxygen atoms in total. The minimum Gasteiger partial charge on any atom is -0.550 e. The van der Waals surface area contributed by atoms with Gasteiger partial charge in [-0.3, -0.25) is 14.4 Å². The van der Waals surface area contributed by atoms with Gasteiger partial charge in [0.15, 0.2) is 6.29 Å². The van der Waals surface area contributed by atoms with Crippen LogP contribution in [0.15, 0.2) is 0 Å². The molecule has 0 aliphatic carbocycles. The summed E-state index contributed by atoms with van der Waals surface area (Å²) >= 11 is 0. The van der Waals surface area contributed by atoms with Crippen molar-refractivity contribution in [2.24, 2.45) is 0 Å². The zero-order valence-electron chi connectivity index (χ0n) is 18.8. The number of hydrogen-bond donors (Lipinski definition) is 6. The van der Waals surface area contributed by atoms with Crippen LogP contribution in [0.2, 0.25) is 0 Å². The molecule has 8 atom stereocenters. The molecule has 194 valence electrons. The van der Waals surface area contributed by atoms with Crippen molar-refractivity contribution in [1.29, 1.82) is 0 Å². The fourth-order valence-corrected chi connectivity index (χ4v) is 3.14. The Bertz CT molecular complexity index is 763. The summed E-state index contributed by atoms with van der Waals surface area (Å²) < 4.78 is 10.5. The quantitative estimate of drug-likeness (QED) is 0.149. The molecule has 3 amide bonds. The van der Waals surface area contributed by atoms with Crippen LogP contribution in [-0.4, -0.2) is 100 Å². The van der Waals surface area contributed by atoms with Gasteiger partial charge in [-0.05, 0) is 26.7 Å². The summed E-state index contributed by atoms with van der Waals surface area (Å²) in [5.74, 6) is -5.67. The van der Waals surface area contributed by atoms with Gasteiger partial charge in [0.25, 0.3) is 0 Å². The summed E-state index contributed by atoms with van der Waals surface area (Å²) in [5, 5.41) is 58.0. The Balaban J connectivity index is 2.80. The first kappa shape index (κ1) is 29.2. The van der Waals surface area contributed by atoms with Crippen molar-refractivity contribution in [3.8, 4) is 0 Å². The molecule has 1 saturated heterocycles. The maximum Gasteiger partial charge on any atom is 0.249 e. The number of hydrogen-bond acceptors (Lipinski definition) is 12. The van der Waals surface area contributed by atoms with Gasteiger partial charge in [-0.25, -0.2) is 0 Å². The van der Waals surface area contributed by atoms with Gasteiger partial charge in [0.2, 0.25) is 17.7 Å². The van der Waals surface area contributed by atoms with Crippen LogP contribution in [0.1, 0.15) is 33.6 Å². The number of nitrogens with one attached hydrogen (secondary N) is 3. The summed E-state index contributed by atoms with van der Waals surface area (Å²) in [4.78, 5) is 57.8. The maximum atomic E-state index is 12.5. The molecule has 0 aromatic carbocycles. The molecule has 0 aromatic heterocycles. The normalized spacial score (nSPS) is 27.1. The fraction of sp³-hybridized carbons (Fsp3) is 0.737. The van der Waals surface area contributed by atoms with Crippen molar-refractivity contribution in [2.75, 3.05) is 6.61 Å². The van der Waals surface area contributed by atoms with Gasteiger partial charge in [0.05, 0.1) is 18.6 Å². The third-order valence-electron chi connectivity index (χ3n) is 4.96. The van der Waals surface area contributed by atoms with Gasteiger partial charge < -0.3 is 60.5 Å². The van der Waals surface area contributed by atoms with Gasteiger partial charge in [-0.1, -0.05) is 0 Å². The number of ether oxygens (including phenoxy) is 2. The van der Waals surface area contributed by atoms with Crippen LogP contribution in [0.4, 0.5) is 0 Å². The minimum atomic E-state index is -1.72. The predicted molar refractivity (Wildman–Crippen MR) is 105 cm³/mol. The highest BCUT2D eigenvalue weighted by Gasteiger charge is 2.46. The molecule has 15 heteroatoms. The summed E-state index contributed by atoms with van der Waals surface area (Å²) in [6.45, 7) is 2.91. The molecule has 34 heavy (non-hydrogen) atoms. The number of rotatable bonds is 12. The SMILES string of the molecule is CC(=O)NC1C(O)OC(CO)C(O)C1OC(C)C(=O)NC(C)C(=O)NC(CCC(=O)[O-])C(=O)[O-]. The highest BCUT2D eigenvalue weighted by atomic mass is 16.6. The van der Waals surface area contributed by atoms with Crippen molar-refractivity contribution in [1.82, 2.24) is 16.0 Å². The molecule has 8 unspecified atom stereocenters. The lowest BCUT2D eigenvalue weighted by Crippen LogP contribution is -2.65. The second-order valence-corrected chi connectivity index (χ2v) is 7.73. The fourth-order valence-electron chi connectivity index (χ4n) is 3.14. The first-order valence-corrected chi connectivity index (χ1v) is 10.3. The number of aliphatic hydroxyl groups is 3. The van der Waals surface area contributed by atoms with Gasteiger partial charge >= 0.3 is 0 Å². The van der Waals surface area contributed by atoms with Crippen molar-refractivity contribution in [3.63, 3.8) is 0 Å². The van der Waals surface area contributed by atoms with E-state index in [9.17, 15) is 49.5 Å². The van der Waals surface area contributed by atoms with Crippen LogP contribution in [0, 0.1) is 0 Å². The Labute approximate surface area is 194 Å².